The van der Waals surface area contributed by atoms with E-state index in [0.29, 0.717) is 17.9 Å². The predicted octanol–water partition coefficient (Wildman–Crippen LogP) is 3.48. The molecule has 0 aliphatic heterocycles. The first-order chi connectivity index (χ1) is 14.5. The van der Waals surface area contributed by atoms with Crippen LogP contribution in [-0.2, 0) is 16.1 Å². The van der Waals surface area contributed by atoms with E-state index < -0.39 is 0 Å². The number of imidazole rings is 1. The van der Waals surface area contributed by atoms with E-state index >= 15 is 0 Å². The molecule has 3 rings (SSSR count). The van der Waals surface area contributed by atoms with Gasteiger partial charge in [0.25, 0.3) is 0 Å². The molecule has 1 heterocycles. The summed E-state index contributed by atoms with van der Waals surface area (Å²) in [4.78, 5) is 31.3. The molecule has 0 saturated heterocycles. The van der Waals surface area contributed by atoms with Crippen LogP contribution in [-0.4, -0.2) is 52.6 Å². The molecule has 0 saturated carbocycles. The van der Waals surface area contributed by atoms with Crippen LogP contribution < -0.4 is 5.32 Å². The number of carbonyl (C=O) groups excluding carboxylic acids is 2. The first kappa shape index (κ1) is 21.5. The molecule has 0 fully saturated rings. The van der Waals surface area contributed by atoms with Crippen molar-refractivity contribution >= 4 is 28.6 Å². The molecule has 2 aromatic carbocycles. The Labute approximate surface area is 176 Å². The van der Waals surface area contributed by atoms with Gasteiger partial charge in [0.15, 0.2) is 0 Å². The van der Waals surface area contributed by atoms with Crippen molar-refractivity contribution in [2.24, 2.45) is 0 Å². The zero-order valence-corrected chi connectivity index (χ0v) is 17.7. The number of aryl methyl sites for hydroxylation is 1. The SMILES string of the molecule is CCN(CC)CCOC(=O)c1ccc(NC(=O)Cn2c(C)nc3ccccc32)cc1. The summed E-state index contributed by atoms with van der Waals surface area (Å²) in [6.45, 7) is 9.14. The Balaban J connectivity index is 1.55. The van der Waals surface area contributed by atoms with Gasteiger partial charge in [0.05, 0.1) is 16.6 Å². The maximum atomic E-state index is 12.5. The molecule has 0 spiro atoms. The van der Waals surface area contributed by atoms with Crippen molar-refractivity contribution in [3.63, 3.8) is 0 Å². The zero-order valence-electron chi connectivity index (χ0n) is 17.7. The second-order valence-corrected chi connectivity index (χ2v) is 7.02. The number of aromatic nitrogens is 2. The number of nitrogens with zero attached hydrogens (tertiary/aromatic N) is 3. The van der Waals surface area contributed by atoms with Crippen LogP contribution in [0.15, 0.2) is 48.5 Å². The lowest BCUT2D eigenvalue weighted by Gasteiger charge is -2.17. The second kappa shape index (κ2) is 10.0. The van der Waals surface area contributed by atoms with Crippen molar-refractivity contribution in [2.45, 2.75) is 27.3 Å². The Kier molecular flexibility index (Phi) is 7.19. The molecular formula is C23H28N4O3. The Morgan fingerprint density at radius 3 is 2.47 bits per heavy atom. The number of likely N-dealkylation sites (N-methyl/N-ethyl adjacent to an activating group) is 1. The van der Waals surface area contributed by atoms with Crippen LogP contribution in [0.25, 0.3) is 11.0 Å². The normalized spacial score (nSPS) is 11.1. The van der Waals surface area contributed by atoms with Crippen molar-refractivity contribution in [1.82, 2.24) is 14.5 Å². The van der Waals surface area contributed by atoms with Gasteiger partial charge in [0.2, 0.25) is 5.91 Å². The fourth-order valence-electron chi connectivity index (χ4n) is 3.32. The van der Waals surface area contributed by atoms with Gasteiger partial charge in [0.1, 0.15) is 19.0 Å². The van der Waals surface area contributed by atoms with E-state index in [1.165, 1.54) is 0 Å². The third-order valence-electron chi connectivity index (χ3n) is 5.09. The van der Waals surface area contributed by atoms with Crippen LogP contribution in [0.1, 0.15) is 30.0 Å². The molecule has 3 aromatic rings. The van der Waals surface area contributed by atoms with Crippen molar-refractivity contribution in [3.8, 4) is 0 Å². The van der Waals surface area contributed by atoms with Gasteiger partial charge in [-0.1, -0.05) is 26.0 Å². The van der Waals surface area contributed by atoms with Gasteiger partial charge in [-0.3, -0.25) is 4.79 Å². The number of para-hydroxylation sites is 2. The van der Waals surface area contributed by atoms with Crippen LogP contribution in [0.3, 0.4) is 0 Å². The number of carbonyl (C=O) groups is 2. The summed E-state index contributed by atoms with van der Waals surface area (Å²) in [6.07, 6.45) is 0. The molecule has 7 nitrogen and oxygen atoms in total. The van der Waals surface area contributed by atoms with E-state index in [0.717, 1.165) is 36.5 Å². The fraction of sp³-hybridized carbons (Fsp3) is 0.348. The molecule has 0 aliphatic carbocycles. The van der Waals surface area contributed by atoms with Gasteiger partial charge < -0.3 is 19.5 Å². The van der Waals surface area contributed by atoms with E-state index in [1.54, 1.807) is 24.3 Å². The highest BCUT2D eigenvalue weighted by atomic mass is 16.5. The number of hydrogen-bond donors (Lipinski definition) is 1. The second-order valence-electron chi connectivity index (χ2n) is 7.02. The third-order valence-corrected chi connectivity index (χ3v) is 5.09. The Bertz CT molecular complexity index is 1010. The van der Waals surface area contributed by atoms with Gasteiger partial charge in [-0.15, -0.1) is 0 Å². The van der Waals surface area contributed by atoms with Crippen LogP contribution in [0.4, 0.5) is 5.69 Å². The molecule has 1 N–H and O–H groups in total. The highest BCUT2D eigenvalue weighted by Gasteiger charge is 2.12. The van der Waals surface area contributed by atoms with E-state index in [1.807, 2.05) is 35.8 Å². The molecule has 1 amide bonds. The van der Waals surface area contributed by atoms with E-state index in [9.17, 15) is 9.59 Å². The quantitative estimate of drug-likeness (QED) is 0.549. The molecule has 0 unspecified atom stereocenters. The number of benzene rings is 2. The smallest absolute Gasteiger partial charge is 0.338 e. The van der Waals surface area contributed by atoms with Crippen molar-refractivity contribution < 1.29 is 14.3 Å². The van der Waals surface area contributed by atoms with Gasteiger partial charge in [-0.2, -0.15) is 0 Å². The van der Waals surface area contributed by atoms with Crippen LogP contribution >= 0.6 is 0 Å². The number of ether oxygens (including phenoxy) is 1. The highest BCUT2D eigenvalue weighted by molar-refractivity contribution is 5.93. The maximum Gasteiger partial charge on any atom is 0.338 e. The summed E-state index contributed by atoms with van der Waals surface area (Å²) in [5, 5.41) is 2.87. The number of hydrogen-bond acceptors (Lipinski definition) is 5. The minimum absolute atomic E-state index is 0.157. The van der Waals surface area contributed by atoms with E-state index in [-0.39, 0.29) is 18.4 Å². The summed E-state index contributed by atoms with van der Waals surface area (Å²) in [5.74, 6) is 0.269. The number of anilines is 1. The molecule has 0 aliphatic rings. The summed E-state index contributed by atoms with van der Waals surface area (Å²) in [7, 11) is 0. The first-order valence-electron chi connectivity index (χ1n) is 10.2. The van der Waals surface area contributed by atoms with Gasteiger partial charge in [-0.25, -0.2) is 9.78 Å². The highest BCUT2D eigenvalue weighted by Crippen LogP contribution is 2.16. The average Bonchev–Trinajstić information content (AvgIpc) is 3.06. The lowest BCUT2D eigenvalue weighted by molar-refractivity contribution is -0.116. The molecule has 0 bridgehead atoms. The van der Waals surface area contributed by atoms with Gasteiger partial charge in [-0.05, 0) is 56.4 Å². The maximum absolute atomic E-state index is 12.5. The molecule has 7 heteroatoms. The van der Waals surface area contributed by atoms with Crippen molar-refractivity contribution in [1.29, 1.82) is 0 Å². The Morgan fingerprint density at radius 1 is 1.07 bits per heavy atom. The van der Waals surface area contributed by atoms with Crippen molar-refractivity contribution in [3.05, 3.63) is 59.9 Å². The summed E-state index contributed by atoms with van der Waals surface area (Å²) in [5.41, 5.74) is 2.88. The number of esters is 1. The van der Waals surface area contributed by atoms with E-state index in [4.69, 9.17) is 4.74 Å². The number of rotatable bonds is 9. The number of amides is 1. The number of nitrogens with one attached hydrogen (secondary N) is 1. The summed E-state index contributed by atoms with van der Waals surface area (Å²) < 4.78 is 7.21. The molecule has 30 heavy (non-hydrogen) atoms. The third kappa shape index (κ3) is 5.24. The molecular weight excluding hydrogens is 380 g/mol. The molecule has 158 valence electrons. The van der Waals surface area contributed by atoms with Crippen molar-refractivity contribution in [2.75, 3.05) is 31.6 Å². The minimum atomic E-state index is -0.361. The topological polar surface area (TPSA) is 76.5 Å². The first-order valence-corrected chi connectivity index (χ1v) is 10.2. The van der Waals surface area contributed by atoms with E-state index in [2.05, 4.69) is 29.0 Å². The number of fused-ring (bicyclic) bond motifs is 1. The lowest BCUT2D eigenvalue weighted by atomic mass is 10.2. The van der Waals surface area contributed by atoms with Crippen LogP contribution in [0.5, 0.6) is 0 Å². The molecule has 0 radical (unpaired) electrons. The summed E-state index contributed by atoms with van der Waals surface area (Å²) >= 11 is 0. The predicted molar refractivity (Wildman–Crippen MR) is 118 cm³/mol. The molecule has 0 atom stereocenters. The standard InChI is InChI=1S/C23H28N4O3/c1-4-26(5-2)14-15-30-23(29)18-10-12-19(13-11-18)25-22(28)16-27-17(3)24-20-8-6-7-9-21(20)27/h6-13H,4-5,14-16H2,1-3H3,(H,25,28). The van der Waals surface area contributed by atoms with Gasteiger partial charge in [0, 0.05) is 12.2 Å². The fourth-order valence-corrected chi connectivity index (χ4v) is 3.32. The molecule has 1 aromatic heterocycles. The summed E-state index contributed by atoms with van der Waals surface area (Å²) in [6, 6.07) is 14.5. The minimum Gasteiger partial charge on any atom is -0.461 e. The average molecular weight is 409 g/mol. The lowest BCUT2D eigenvalue weighted by Crippen LogP contribution is -2.27. The van der Waals surface area contributed by atoms with Crippen LogP contribution in [0.2, 0.25) is 0 Å². The largest absolute Gasteiger partial charge is 0.461 e. The van der Waals surface area contributed by atoms with Crippen LogP contribution in [0, 0.1) is 6.92 Å². The van der Waals surface area contributed by atoms with Gasteiger partial charge >= 0.3 is 5.97 Å². The Morgan fingerprint density at radius 2 is 1.77 bits per heavy atom. The Hall–Kier alpha value is -3.19. The monoisotopic (exact) mass is 408 g/mol. The zero-order chi connectivity index (χ0) is 21.5.